The molecule has 0 aliphatic carbocycles. The summed E-state index contributed by atoms with van der Waals surface area (Å²) >= 11 is 3.23. The number of pyridine rings is 1. The van der Waals surface area contributed by atoms with Gasteiger partial charge in [-0.2, -0.15) is 0 Å². The van der Waals surface area contributed by atoms with Crippen molar-refractivity contribution in [2.45, 2.75) is 45.2 Å². The first-order valence-electron chi connectivity index (χ1n) is 5.69. The lowest BCUT2D eigenvalue weighted by Crippen LogP contribution is -2.44. The number of hydrogen-bond acceptors (Lipinski definition) is 2. The highest BCUT2D eigenvalue weighted by Crippen LogP contribution is 2.30. The maximum absolute atomic E-state index is 13.8. The highest BCUT2D eigenvalue weighted by Gasteiger charge is 2.27. The molecule has 0 aromatic carbocycles. The van der Waals surface area contributed by atoms with Crippen molar-refractivity contribution in [3.8, 4) is 0 Å². The summed E-state index contributed by atoms with van der Waals surface area (Å²) in [6.07, 6.45) is 5.10. The van der Waals surface area contributed by atoms with Crippen molar-refractivity contribution in [3.63, 3.8) is 0 Å². The molecule has 2 heterocycles. The van der Waals surface area contributed by atoms with E-state index < -0.39 is 0 Å². The van der Waals surface area contributed by atoms with Crippen molar-refractivity contribution in [3.05, 3.63) is 22.6 Å². The van der Waals surface area contributed by atoms with E-state index in [2.05, 4.69) is 39.7 Å². The molecule has 1 saturated heterocycles. The first kappa shape index (κ1) is 11.8. The molecule has 2 nitrogen and oxygen atoms in total. The van der Waals surface area contributed by atoms with Crippen molar-refractivity contribution < 1.29 is 4.39 Å². The smallest absolute Gasteiger partial charge is 0.166 e. The van der Waals surface area contributed by atoms with E-state index in [4.69, 9.17) is 0 Å². The quantitative estimate of drug-likeness (QED) is 0.782. The van der Waals surface area contributed by atoms with Crippen LogP contribution in [-0.2, 0) is 0 Å². The van der Waals surface area contributed by atoms with Crippen LogP contribution < -0.4 is 4.90 Å². The fraction of sp³-hybridized carbons (Fsp3) is 0.583. The van der Waals surface area contributed by atoms with E-state index >= 15 is 0 Å². The van der Waals surface area contributed by atoms with E-state index in [0.717, 1.165) is 12.8 Å². The lowest BCUT2D eigenvalue weighted by molar-refractivity contribution is 0.404. The Morgan fingerprint density at radius 1 is 1.38 bits per heavy atom. The van der Waals surface area contributed by atoms with Crippen molar-refractivity contribution in [1.82, 2.24) is 4.98 Å². The Labute approximate surface area is 104 Å². The lowest BCUT2D eigenvalue weighted by atomic mass is 9.97. The molecule has 0 spiro atoms. The minimum Gasteiger partial charge on any atom is -0.349 e. The van der Waals surface area contributed by atoms with Gasteiger partial charge in [0.2, 0.25) is 0 Å². The fourth-order valence-corrected chi connectivity index (χ4v) is 2.74. The normalized spacial score (nSPS) is 25.9. The van der Waals surface area contributed by atoms with Gasteiger partial charge in [0, 0.05) is 22.8 Å². The maximum Gasteiger partial charge on any atom is 0.166 e. The molecule has 0 saturated carbocycles. The summed E-state index contributed by atoms with van der Waals surface area (Å²) in [6, 6.07) is 2.22. The number of nitrogens with zero attached hydrogens (tertiary/aromatic N) is 2. The molecule has 1 fully saturated rings. The minimum absolute atomic E-state index is 0.241. The summed E-state index contributed by atoms with van der Waals surface area (Å²) in [5.41, 5.74) is 0. The van der Waals surface area contributed by atoms with Gasteiger partial charge in [-0.05, 0) is 55.1 Å². The van der Waals surface area contributed by atoms with Crippen LogP contribution >= 0.6 is 15.9 Å². The van der Waals surface area contributed by atoms with Crippen molar-refractivity contribution in [1.29, 1.82) is 0 Å². The molecule has 88 valence electrons. The number of rotatable bonds is 1. The van der Waals surface area contributed by atoms with E-state index in [-0.39, 0.29) is 5.82 Å². The maximum atomic E-state index is 13.8. The average molecular weight is 287 g/mol. The van der Waals surface area contributed by atoms with Crippen LogP contribution in [0.4, 0.5) is 10.2 Å². The zero-order valence-electron chi connectivity index (χ0n) is 9.58. The zero-order chi connectivity index (χ0) is 11.7. The molecule has 1 aromatic rings. The van der Waals surface area contributed by atoms with Crippen molar-refractivity contribution in [2.75, 3.05) is 4.90 Å². The lowest BCUT2D eigenvalue weighted by Gasteiger charge is -2.40. The van der Waals surface area contributed by atoms with Crippen LogP contribution in [0.1, 0.15) is 33.1 Å². The molecule has 0 amide bonds. The molecule has 0 bridgehead atoms. The first-order valence-corrected chi connectivity index (χ1v) is 6.48. The largest absolute Gasteiger partial charge is 0.349 e. The number of halogens is 2. The molecule has 0 N–H and O–H groups in total. The molecule has 2 rings (SSSR count). The fourth-order valence-electron chi connectivity index (χ4n) is 2.44. The average Bonchev–Trinajstić information content (AvgIpc) is 2.20. The van der Waals surface area contributed by atoms with Gasteiger partial charge in [0.25, 0.3) is 0 Å². The second kappa shape index (κ2) is 4.70. The number of aromatic nitrogens is 1. The van der Waals surface area contributed by atoms with Crippen LogP contribution in [0.2, 0.25) is 0 Å². The van der Waals surface area contributed by atoms with Gasteiger partial charge in [-0.15, -0.1) is 0 Å². The van der Waals surface area contributed by atoms with Crippen LogP contribution in [0.25, 0.3) is 0 Å². The van der Waals surface area contributed by atoms with Gasteiger partial charge in [-0.25, -0.2) is 9.37 Å². The van der Waals surface area contributed by atoms with Gasteiger partial charge >= 0.3 is 0 Å². The van der Waals surface area contributed by atoms with E-state index in [0.29, 0.717) is 22.4 Å². The van der Waals surface area contributed by atoms with Gasteiger partial charge in [0.1, 0.15) is 0 Å². The number of hydrogen-bond donors (Lipinski definition) is 0. The second-order valence-corrected chi connectivity index (χ2v) is 5.41. The monoisotopic (exact) mass is 286 g/mol. The van der Waals surface area contributed by atoms with Crippen LogP contribution in [0.15, 0.2) is 16.7 Å². The van der Waals surface area contributed by atoms with E-state index in [1.54, 1.807) is 6.20 Å². The Bertz CT molecular complexity index is 373. The van der Waals surface area contributed by atoms with Gasteiger partial charge in [0.15, 0.2) is 11.6 Å². The van der Waals surface area contributed by atoms with E-state index in [9.17, 15) is 4.39 Å². The summed E-state index contributed by atoms with van der Waals surface area (Å²) < 4.78 is 14.5. The predicted octanol–water partition coefficient (Wildman–Crippen LogP) is 3.75. The third kappa shape index (κ3) is 2.21. The third-order valence-corrected chi connectivity index (χ3v) is 3.66. The molecule has 1 aliphatic rings. The molecule has 1 aliphatic heterocycles. The second-order valence-electron chi connectivity index (χ2n) is 4.50. The van der Waals surface area contributed by atoms with Crippen LogP contribution in [0, 0.1) is 5.82 Å². The third-order valence-electron chi connectivity index (χ3n) is 3.23. The Morgan fingerprint density at radius 3 is 2.56 bits per heavy atom. The van der Waals surface area contributed by atoms with Gasteiger partial charge < -0.3 is 4.90 Å². The molecule has 2 atom stereocenters. The summed E-state index contributed by atoms with van der Waals surface area (Å²) in [6.45, 7) is 4.28. The zero-order valence-corrected chi connectivity index (χ0v) is 11.2. The standard InChI is InChI=1S/C12H16BrFN2/c1-8-4-3-5-9(2)16(8)12-11(14)6-10(13)7-15-12/h6-9H,3-5H2,1-2H3/t8-,9+. The molecule has 1 aromatic heterocycles. The summed E-state index contributed by atoms with van der Waals surface area (Å²) in [5, 5.41) is 0. The van der Waals surface area contributed by atoms with Gasteiger partial charge in [0.05, 0.1) is 0 Å². The molecule has 4 heteroatoms. The topological polar surface area (TPSA) is 16.1 Å². The SMILES string of the molecule is C[C@@H]1CCC[C@H](C)N1c1ncc(Br)cc1F. The number of anilines is 1. The molecular formula is C12H16BrFN2. The number of piperidine rings is 1. The Kier molecular flexibility index (Phi) is 3.47. The van der Waals surface area contributed by atoms with Crippen molar-refractivity contribution in [2.24, 2.45) is 0 Å². The van der Waals surface area contributed by atoms with E-state index in [1.807, 2.05) is 0 Å². The van der Waals surface area contributed by atoms with Gasteiger partial charge in [-0.1, -0.05) is 0 Å². The van der Waals surface area contributed by atoms with E-state index in [1.165, 1.54) is 12.5 Å². The Morgan fingerprint density at radius 2 is 2.00 bits per heavy atom. The first-order chi connectivity index (χ1) is 7.59. The molecule has 16 heavy (non-hydrogen) atoms. The van der Waals surface area contributed by atoms with Gasteiger partial charge in [-0.3, -0.25) is 0 Å². The predicted molar refractivity (Wildman–Crippen MR) is 67.1 cm³/mol. The highest BCUT2D eigenvalue weighted by atomic mass is 79.9. The van der Waals surface area contributed by atoms with Crippen LogP contribution in [-0.4, -0.2) is 17.1 Å². The van der Waals surface area contributed by atoms with Crippen molar-refractivity contribution >= 4 is 21.7 Å². The molecular weight excluding hydrogens is 271 g/mol. The molecule has 0 radical (unpaired) electrons. The van der Waals surface area contributed by atoms with Crippen LogP contribution in [0.5, 0.6) is 0 Å². The summed E-state index contributed by atoms with van der Waals surface area (Å²) in [5.74, 6) is 0.248. The highest BCUT2D eigenvalue weighted by molar-refractivity contribution is 9.10. The summed E-state index contributed by atoms with van der Waals surface area (Å²) in [4.78, 5) is 6.31. The Hall–Kier alpha value is -0.640. The Balaban J connectivity index is 2.34. The van der Waals surface area contributed by atoms with Crippen LogP contribution in [0.3, 0.4) is 0 Å². The summed E-state index contributed by atoms with van der Waals surface area (Å²) in [7, 11) is 0. The minimum atomic E-state index is -0.241. The molecule has 0 unspecified atom stereocenters.